The molecule has 0 aliphatic carbocycles. The van der Waals surface area contributed by atoms with Gasteiger partial charge in [0.1, 0.15) is 5.82 Å². The van der Waals surface area contributed by atoms with Crippen LogP contribution in [0.25, 0.3) is 0 Å². The Morgan fingerprint density at radius 1 is 1.23 bits per heavy atom. The highest BCUT2D eigenvalue weighted by Gasteiger charge is 2.25. The summed E-state index contributed by atoms with van der Waals surface area (Å²) in [6, 6.07) is 6.51. The lowest BCUT2D eigenvalue weighted by Gasteiger charge is -2.12. The summed E-state index contributed by atoms with van der Waals surface area (Å²) < 4.78 is 17.8. The first-order valence-corrected chi connectivity index (χ1v) is 4.36. The molecule has 1 aromatic rings. The molecule has 1 fully saturated rings. The van der Waals surface area contributed by atoms with Crippen molar-refractivity contribution in [2.75, 3.05) is 13.2 Å². The quantitative estimate of drug-likeness (QED) is 0.708. The average Bonchev–Trinajstić information content (AvgIpc) is 2.53. The van der Waals surface area contributed by atoms with E-state index in [4.69, 9.17) is 10.5 Å². The predicted molar refractivity (Wildman–Crippen MR) is 47.9 cm³/mol. The summed E-state index contributed by atoms with van der Waals surface area (Å²) in [6.07, 6.45) is 0. The van der Waals surface area contributed by atoms with Crippen LogP contribution in [-0.2, 0) is 4.74 Å². The second-order valence-corrected chi connectivity index (χ2v) is 3.36. The smallest absolute Gasteiger partial charge is 0.123 e. The zero-order valence-electron chi connectivity index (χ0n) is 7.24. The first-order valence-electron chi connectivity index (χ1n) is 4.36. The fourth-order valence-electron chi connectivity index (χ4n) is 1.62. The van der Waals surface area contributed by atoms with Crippen LogP contribution in [0, 0.1) is 5.82 Å². The largest absolute Gasteiger partial charge is 0.379 e. The Hall–Kier alpha value is -0.930. The van der Waals surface area contributed by atoms with E-state index in [-0.39, 0.29) is 17.8 Å². The van der Waals surface area contributed by atoms with E-state index in [1.807, 2.05) is 0 Å². The number of rotatable bonds is 1. The molecule has 2 nitrogen and oxygen atoms in total. The topological polar surface area (TPSA) is 35.2 Å². The zero-order valence-corrected chi connectivity index (χ0v) is 7.24. The van der Waals surface area contributed by atoms with Gasteiger partial charge < -0.3 is 10.5 Å². The van der Waals surface area contributed by atoms with Crippen molar-refractivity contribution in [1.82, 2.24) is 0 Å². The van der Waals surface area contributed by atoms with Crippen molar-refractivity contribution in [3.05, 3.63) is 35.6 Å². The molecule has 2 N–H and O–H groups in total. The molecular weight excluding hydrogens is 169 g/mol. The van der Waals surface area contributed by atoms with Crippen molar-refractivity contribution < 1.29 is 9.13 Å². The van der Waals surface area contributed by atoms with Gasteiger partial charge in [-0.2, -0.15) is 0 Å². The first kappa shape index (κ1) is 8.66. The van der Waals surface area contributed by atoms with Gasteiger partial charge in [-0.15, -0.1) is 0 Å². The fraction of sp³-hybridized carbons (Fsp3) is 0.400. The molecule has 1 saturated heterocycles. The van der Waals surface area contributed by atoms with Gasteiger partial charge in [0.2, 0.25) is 0 Å². The Morgan fingerprint density at radius 3 is 2.46 bits per heavy atom. The van der Waals surface area contributed by atoms with Crippen molar-refractivity contribution in [1.29, 1.82) is 0 Å². The third-order valence-corrected chi connectivity index (χ3v) is 2.42. The van der Waals surface area contributed by atoms with Gasteiger partial charge in [-0.3, -0.25) is 0 Å². The third kappa shape index (κ3) is 1.71. The molecule has 0 bridgehead atoms. The molecule has 0 spiro atoms. The summed E-state index contributed by atoms with van der Waals surface area (Å²) >= 11 is 0. The molecule has 0 radical (unpaired) electrons. The van der Waals surface area contributed by atoms with Crippen molar-refractivity contribution in [2.45, 2.75) is 12.0 Å². The fourth-order valence-corrected chi connectivity index (χ4v) is 1.62. The molecule has 1 heterocycles. The highest BCUT2D eigenvalue weighted by molar-refractivity contribution is 5.23. The summed E-state index contributed by atoms with van der Waals surface area (Å²) in [4.78, 5) is 0. The van der Waals surface area contributed by atoms with Crippen LogP contribution >= 0.6 is 0 Å². The van der Waals surface area contributed by atoms with Crippen LogP contribution in [0.5, 0.6) is 0 Å². The molecule has 2 atom stereocenters. The van der Waals surface area contributed by atoms with Crippen LogP contribution < -0.4 is 5.73 Å². The molecule has 0 aromatic heterocycles. The van der Waals surface area contributed by atoms with E-state index in [1.165, 1.54) is 12.1 Å². The van der Waals surface area contributed by atoms with Gasteiger partial charge in [0.15, 0.2) is 0 Å². The Kier molecular flexibility index (Phi) is 2.29. The molecule has 1 aromatic carbocycles. The standard InChI is InChI=1S/C10H12FNO/c11-8-3-1-7(2-4-8)9-5-13-6-10(9)12/h1-4,9-10H,5-6,12H2/t9?,10-/m0/s1. The molecule has 0 amide bonds. The van der Waals surface area contributed by atoms with Crippen LogP contribution in [0.1, 0.15) is 11.5 Å². The monoisotopic (exact) mass is 181 g/mol. The molecule has 1 aliphatic heterocycles. The highest BCUT2D eigenvalue weighted by Crippen LogP contribution is 2.24. The van der Waals surface area contributed by atoms with Crippen molar-refractivity contribution in [3.8, 4) is 0 Å². The summed E-state index contributed by atoms with van der Waals surface area (Å²) in [5.74, 6) is 0.0110. The zero-order chi connectivity index (χ0) is 9.26. The molecule has 3 heteroatoms. The minimum Gasteiger partial charge on any atom is -0.379 e. The van der Waals surface area contributed by atoms with Crippen molar-refractivity contribution in [2.24, 2.45) is 5.73 Å². The van der Waals surface area contributed by atoms with E-state index in [0.717, 1.165) is 5.56 Å². The molecule has 1 unspecified atom stereocenters. The van der Waals surface area contributed by atoms with Gasteiger partial charge in [0.05, 0.1) is 13.2 Å². The van der Waals surface area contributed by atoms with Crippen molar-refractivity contribution >= 4 is 0 Å². The number of benzene rings is 1. The lowest BCUT2D eigenvalue weighted by Crippen LogP contribution is -2.26. The number of ether oxygens (including phenoxy) is 1. The summed E-state index contributed by atoms with van der Waals surface area (Å²) in [5.41, 5.74) is 6.89. The Balaban J connectivity index is 2.20. The second kappa shape index (κ2) is 3.44. The van der Waals surface area contributed by atoms with Crippen LogP contribution in [-0.4, -0.2) is 19.3 Å². The number of nitrogens with two attached hydrogens (primary N) is 1. The highest BCUT2D eigenvalue weighted by atomic mass is 19.1. The van der Waals surface area contributed by atoms with Gasteiger partial charge >= 0.3 is 0 Å². The minimum absolute atomic E-state index is 0.0467. The van der Waals surface area contributed by atoms with Crippen LogP contribution in [0.15, 0.2) is 24.3 Å². The second-order valence-electron chi connectivity index (χ2n) is 3.36. The van der Waals surface area contributed by atoms with Gasteiger partial charge in [0, 0.05) is 12.0 Å². The number of hydrogen-bond acceptors (Lipinski definition) is 2. The maximum absolute atomic E-state index is 12.6. The van der Waals surface area contributed by atoms with Crippen LogP contribution in [0.3, 0.4) is 0 Å². The van der Waals surface area contributed by atoms with Crippen LogP contribution in [0.4, 0.5) is 4.39 Å². The van der Waals surface area contributed by atoms with E-state index in [2.05, 4.69) is 0 Å². The normalized spacial score (nSPS) is 27.8. The molecular formula is C10H12FNO. The molecule has 1 aliphatic rings. The Bertz CT molecular complexity index is 285. The summed E-state index contributed by atoms with van der Waals surface area (Å²) in [6.45, 7) is 1.24. The lowest BCUT2D eigenvalue weighted by atomic mass is 9.95. The maximum Gasteiger partial charge on any atom is 0.123 e. The van der Waals surface area contributed by atoms with Gasteiger partial charge in [-0.1, -0.05) is 12.1 Å². The molecule has 13 heavy (non-hydrogen) atoms. The van der Waals surface area contributed by atoms with Gasteiger partial charge in [0.25, 0.3) is 0 Å². The summed E-state index contributed by atoms with van der Waals surface area (Å²) in [7, 11) is 0. The Labute approximate surface area is 76.5 Å². The lowest BCUT2D eigenvalue weighted by molar-refractivity contribution is 0.191. The van der Waals surface area contributed by atoms with Crippen molar-refractivity contribution in [3.63, 3.8) is 0 Å². The average molecular weight is 181 g/mol. The van der Waals surface area contributed by atoms with E-state index < -0.39 is 0 Å². The molecule has 0 saturated carbocycles. The maximum atomic E-state index is 12.6. The van der Waals surface area contributed by atoms with E-state index in [9.17, 15) is 4.39 Å². The first-order chi connectivity index (χ1) is 6.27. The van der Waals surface area contributed by atoms with Gasteiger partial charge in [-0.25, -0.2) is 4.39 Å². The van der Waals surface area contributed by atoms with Gasteiger partial charge in [-0.05, 0) is 17.7 Å². The molecule has 2 rings (SSSR count). The SMILES string of the molecule is N[C@H]1COCC1c1ccc(F)cc1. The number of halogens is 1. The van der Waals surface area contributed by atoms with E-state index in [1.54, 1.807) is 12.1 Å². The third-order valence-electron chi connectivity index (χ3n) is 2.42. The number of hydrogen-bond donors (Lipinski definition) is 1. The van der Waals surface area contributed by atoms with E-state index in [0.29, 0.717) is 13.2 Å². The van der Waals surface area contributed by atoms with Crippen LogP contribution in [0.2, 0.25) is 0 Å². The Morgan fingerprint density at radius 2 is 1.92 bits per heavy atom. The predicted octanol–water partition coefficient (Wildman–Crippen LogP) is 1.27. The van der Waals surface area contributed by atoms with E-state index >= 15 is 0 Å². The minimum atomic E-state index is -0.212. The molecule has 70 valence electrons. The summed E-state index contributed by atoms with van der Waals surface area (Å²) in [5, 5.41) is 0.